The third-order valence-electron chi connectivity index (χ3n) is 5.33. The van der Waals surface area contributed by atoms with Gasteiger partial charge in [-0.25, -0.2) is 0 Å². The first kappa shape index (κ1) is 19.8. The van der Waals surface area contributed by atoms with Gasteiger partial charge in [0.1, 0.15) is 5.69 Å². The highest BCUT2D eigenvalue weighted by atomic mass is 16.5. The normalized spacial score (nSPS) is 18.7. The Bertz CT molecular complexity index is 1040. The molecule has 1 aromatic heterocycles. The van der Waals surface area contributed by atoms with Gasteiger partial charge < -0.3 is 15.4 Å². The molecule has 1 aliphatic rings. The Morgan fingerprint density at radius 3 is 2.50 bits per heavy atom. The van der Waals surface area contributed by atoms with Gasteiger partial charge in [-0.3, -0.25) is 14.6 Å². The van der Waals surface area contributed by atoms with Crippen molar-refractivity contribution in [1.29, 1.82) is 0 Å². The summed E-state index contributed by atoms with van der Waals surface area (Å²) in [7, 11) is 0. The molecule has 0 aliphatic carbocycles. The molecule has 4 rings (SSSR count). The highest BCUT2D eigenvalue weighted by Gasteiger charge is 2.44. The SMILES string of the molecule is NC(=O)[C@]1(Cc2cccc(-c3ccccc3)c2)CN(C(=O)c2ccccn2)CCO1. The summed E-state index contributed by atoms with van der Waals surface area (Å²) >= 11 is 0. The van der Waals surface area contributed by atoms with Crippen molar-refractivity contribution in [3.05, 3.63) is 90.3 Å². The number of amides is 2. The molecule has 0 spiro atoms. The number of hydrogen-bond acceptors (Lipinski definition) is 4. The molecule has 0 unspecified atom stereocenters. The molecule has 30 heavy (non-hydrogen) atoms. The van der Waals surface area contributed by atoms with Crippen LogP contribution >= 0.6 is 0 Å². The largest absolute Gasteiger partial charge is 0.367 e. The second-order valence-corrected chi connectivity index (χ2v) is 7.39. The maximum Gasteiger partial charge on any atom is 0.272 e. The Labute approximate surface area is 175 Å². The highest BCUT2D eigenvalue weighted by Crippen LogP contribution is 2.27. The summed E-state index contributed by atoms with van der Waals surface area (Å²) in [5, 5.41) is 0. The van der Waals surface area contributed by atoms with E-state index < -0.39 is 11.5 Å². The molecule has 6 heteroatoms. The van der Waals surface area contributed by atoms with Gasteiger partial charge in [0.25, 0.3) is 11.8 Å². The zero-order chi connectivity index (χ0) is 21.0. The first-order chi connectivity index (χ1) is 14.6. The summed E-state index contributed by atoms with van der Waals surface area (Å²) < 4.78 is 5.90. The van der Waals surface area contributed by atoms with Crippen LogP contribution in [0.5, 0.6) is 0 Å². The fourth-order valence-corrected chi connectivity index (χ4v) is 3.77. The average Bonchev–Trinajstić information content (AvgIpc) is 2.80. The van der Waals surface area contributed by atoms with E-state index in [0.717, 1.165) is 16.7 Å². The molecular weight excluding hydrogens is 378 g/mol. The number of nitrogens with two attached hydrogens (primary N) is 1. The standard InChI is InChI=1S/C24H23N3O3/c25-23(29)24(16-18-7-6-10-20(15-18)19-8-2-1-3-9-19)17-27(13-14-30-24)22(28)21-11-4-5-12-26-21/h1-12,15H,13-14,16-17H2,(H2,25,29)/t24-/m0/s1. The van der Waals surface area contributed by atoms with E-state index in [2.05, 4.69) is 4.98 Å². The van der Waals surface area contributed by atoms with Gasteiger partial charge in [0.2, 0.25) is 0 Å². The molecule has 2 N–H and O–H groups in total. The van der Waals surface area contributed by atoms with Crippen molar-refractivity contribution in [2.45, 2.75) is 12.0 Å². The molecule has 1 fully saturated rings. The number of morpholine rings is 1. The monoisotopic (exact) mass is 401 g/mol. The lowest BCUT2D eigenvalue weighted by atomic mass is 9.90. The quantitative estimate of drug-likeness (QED) is 0.712. The van der Waals surface area contributed by atoms with Gasteiger partial charge in [0.15, 0.2) is 5.60 Å². The maximum atomic E-state index is 12.9. The smallest absolute Gasteiger partial charge is 0.272 e. The second-order valence-electron chi connectivity index (χ2n) is 7.39. The van der Waals surface area contributed by atoms with Crippen molar-refractivity contribution >= 4 is 11.8 Å². The van der Waals surface area contributed by atoms with Crippen LogP contribution in [0, 0.1) is 0 Å². The number of primary amides is 1. The summed E-state index contributed by atoms with van der Waals surface area (Å²) in [5.74, 6) is -0.811. The lowest BCUT2D eigenvalue weighted by molar-refractivity contribution is -0.153. The van der Waals surface area contributed by atoms with E-state index in [-0.39, 0.29) is 25.5 Å². The van der Waals surface area contributed by atoms with Crippen LogP contribution in [0.2, 0.25) is 0 Å². The number of nitrogens with zero attached hydrogens (tertiary/aromatic N) is 2. The number of carbonyl (C=O) groups is 2. The molecule has 6 nitrogen and oxygen atoms in total. The third-order valence-corrected chi connectivity index (χ3v) is 5.33. The molecule has 3 aromatic rings. The number of ether oxygens (including phenoxy) is 1. The number of aromatic nitrogens is 1. The van der Waals surface area contributed by atoms with Gasteiger partial charge in [-0.2, -0.15) is 0 Å². The molecule has 152 valence electrons. The molecule has 2 heterocycles. The number of carbonyl (C=O) groups excluding carboxylic acids is 2. The first-order valence-corrected chi connectivity index (χ1v) is 9.86. The molecule has 1 aliphatic heterocycles. The molecule has 1 atom stereocenters. The van der Waals surface area contributed by atoms with Gasteiger partial charge in [0.05, 0.1) is 13.2 Å². The number of rotatable bonds is 5. The third kappa shape index (κ3) is 4.09. The minimum Gasteiger partial charge on any atom is -0.367 e. The minimum absolute atomic E-state index is 0.0906. The van der Waals surface area contributed by atoms with Gasteiger partial charge >= 0.3 is 0 Å². The highest BCUT2D eigenvalue weighted by molar-refractivity contribution is 5.93. The van der Waals surface area contributed by atoms with Gasteiger partial charge in [-0.15, -0.1) is 0 Å². The van der Waals surface area contributed by atoms with Crippen LogP contribution < -0.4 is 5.73 Å². The van der Waals surface area contributed by atoms with E-state index in [1.807, 2.05) is 54.6 Å². The van der Waals surface area contributed by atoms with Gasteiger partial charge in [0, 0.05) is 19.2 Å². The van der Waals surface area contributed by atoms with Crippen molar-refractivity contribution in [1.82, 2.24) is 9.88 Å². The van der Waals surface area contributed by atoms with Gasteiger partial charge in [-0.1, -0.05) is 60.7 Å². The summed E-state index contributed by atoms with van der Waals surface area (Å²) in [6.45, 7) is 0.710. The van der Waals surface area contributed by atoms with Crippen LogP contribution in [-0.4, -0.2) is 47.0 Å². The van der Waals surface area contributed by atoms with E-state index in [1.165, 1.54) is 0 Å². The fraction of sp³-hybridized carbons (Fsp3) is 0.208. The number of benzene rings is 2. The predicted octanol–water partition coefficient (Wildman–Crippen LogP) is 2.69. The predicted molar refractivity (Wildman–Crippen MR) is 114 cm³/mol. The first-order valence-electron chi connectivity index (χ1n) is 9.86. The molecule has 1 saturated heterocycles. The lowest BCUT2D eigenvalue weighted by Gasteiger charge is -2.40. The summed E-state index contributed by atoms with van der Waals surface area (Å²) in [6.07, 6.45) is 1.86. The molecular formula is C24H23N3O3. The molecule has 0 radical (unpaired) electrons. The Morgan fingerprint density at radius 2 is 1.77 bits per heavy atom. The Balaban J connectivity index is 1.59. The van der Waals surface area contributed by atoms with Crippen molar-refractivity contribution in [3.63, 3.8) is 0 Å². The molecule has 0 saturated carbocycles. The lowest BCUT2D eigenvalue weighted by Crippen LogP contribution is -2.61. The van der Waals surface area contributed by atoms with Crippen LogP contribution in [0.25, 0.3) is 11.1 Å². The van der Waals surface area contributed by atoms with Crippen LogP contribution in [0.4, 0.5) is 0 Å². The van der Waals surface area contributed by atoms with Crippen LogP contribution in [0.1, 0.15) is 16.1 Å². The van der Waals surface area contributed by atoms with E-state index in [0.29, 0.717) is 12.2 Å². The fourth-order valence-electron chi connectivity index (χ4n) is 3.77. The van der Waals surface area contributed by atoms with Crippen LogP contribution in [0.3, 0.4) is 0 Å². The van der Waals surface area contributed by atoms with Crippen LogP contribution in [0.15, 0.2) is 79.0 Å². The Morgan fingerprint density at radius 1 is 1.00 bits per heavy atom. The van der Waals surface area contributed by atoms with E-state index in [9.17, 15) is 9.59 Å². The number of hydrogen-bond donors (Lipinski definition) is 1. The second kappa shape index (κ2) is 8.47. The molecule has 2 aromatic carbocycles. The number of pyridine rings is 1. The summed E-state index contributed by atoms with van der Waals surface area (Å²) in [6, 6.07) is 23.1. The van der Waals surface area contributed by atoms with Crippen LogP contribution in [-0.2, 0) is 16.0 Å². The van der Waals surface area contributed by atoms with Crippen molar-refractivity contribution < 1.29 is 14.3 Å². The zero-order valence-corrected chi connectivity index (χ0v) is 16.5. The van der Waals surface area contributed by atoms with Crippen molar-refractivity contribution in [2.75, 3.05) is 19.7 Å². The average molecular weight is 401 g/mol. The topological polar surface area (TPSA) is 85.5 Å². The van der Waals surface area contributed by atoms with Crippen molar-refractivity contribution in [2.24, 2.45) is 5.73 Å². The van der Waals surface area contributed by atoms with Crippen molar-refractivity contribution in [3.8, 4) is 11.1 Å². The zero-order valence-electron chi connectivity index (χ0n) is 16.5. The molecule has 0 bridgehead atoms. The summed E-state index contributed by atoms with van der Waals surface area (Å²) in [4.78, 5) is 31.1. The maximum absolute atomic E-state index is 12.9. The van der Waals surface area contributed by atoms with E-state index in [1.54, 1.807) is 29.3 Å². The Hall–Kier alpha value is -3.51. The van der Waals surface area contributed by atoms with E-state index >= 15 is 0 Å². The minimum atomic E-state index is -1.28. The summed E-state index contributed by atoms with van der Waals surface area (Å²) in [5.41, 5.74) is 7.89. The molecule has 2 amide bonds. The Kier molecular flexibility index (Phi) is 5.59. The van der Waals surface area contributed by atoms with E-state index in [4.69, 9.17) is 10.5 Å². The van der Waals surface area contributed by atoms with Gasteiger partial charge in [-0.05, 0) is 28.8 Å².